The average molecular weight is 375 g/mol. The molecule has 26 heavy (non-hydrogen) atoms. The highest BCUT2D eigenvalue weighted by Gasteiger charge is 2.33. The van der Waals surface area contributed by atoms with Gasteiger partial charge in [0.15, 0.2) is 0 Å². The summed E-state index contributed by atoms with van der Waals surface area (Å²) < 4.78 is 17.9. The summed E-state index contributed by atoms with van der Waals surface area (Å²) in [6.45, 7) is 8.72. The third-order valence-electron chi connectivity index (χ3n) is 3.29. The largest absolute Gasteiger partial charge is 0.453 e. The summed E-state index contributed by atoms with van der Waals surface area (Å²) in [6, 6.07) is 6.17. The van der Waals surface area contributed by atoms with E-state index in [0.717, 1.165) is 5.56 Å². The number of hydrogen-bond acceptors (Lipinski definition) is 5. The number of hydrogen-bond donors (Lipinski definition) is 2. The minimum absolute atomic E-state index is 0.131. The van der Waals surface area contributed by atoms with Crippen molar-refractivity contribution in [3.05, 3.63) is 66.9 Å². The van der Waals surface area contributed by atoms with Crippen LogP contribution in [-0.4, -0.2) is 39.5 Å². The Labute approximate surface area is 154 Å². The van der Waals surface area contributed by atoms with E-state index in [1.165, 1.54) is 12.2 Å². The van der Waals surface area contributed by atoms with Crippen LogP contribution in [0.25, 0.3) is 5.53 Å². The van der Waals surface area contributed by atoms with E-state index < -0.39 is 34.0 Å². The first kappa shape index (κ1) is 21.5. The van der Waals surface area contributed by atoms with E-state index in [4.69, 9.17) is 11.8 Å². The Hall–Kier alpha value is -2.51. The van der Waals surface area contributed by atoms with Crippen molar-refractivity contribution in [1.29, 1.82) is 0 Å². The van der Waals surface area contributed by atoms with Gasteiger partial charge in [-0.25, -0.2) is 9.52 Å². The fourth-order valence-electron chi connectivity index (χ4n) is 1.93. The molecule has 8 heteroatoms. The van der Waals surface area contributed by atoms with Gasteiger partial charge in [0.25, 0.3) is 5.78 Å². The van der Waals surface area contributed by atoms with Crippen molar-refractivity contribution in [2.75, 3.05) is 6.61 Å². The number of carbonyl (C=O) groups excluding carboxylic acids is 2. The second-order valence-electron chi connectivity index (χ2n) is 5.36. The molecule has 2 radical (unpaired) electrons. The number of ether oxygens (including phenoxy) is 1. The molecule has 2 N–H and O–H groups in total. The van der Waals surface area contributed by atoms with E-state index in [1.54, 1.807) is 24.3 Å². The SMILES string of the molecule is [CH]S(O)(N[C@@H](C=C)CC(=O)C(=[N+]=[N-])C(=O)OCC=C)c1ccc(C)cc1. The van der Waals surface area contributed by atoms with Gasteiger partial charge in [-0.1, -0.05) is 46.9 Å². The zero-order valence-corrected chi connectivity index (χ0v) is 15.2. The molecule has 7 nitrogen and oxygen atoms in total. The maximum Gasteiger partial charge on any atom is 0.441 e. The van der Waals surface area contributed by atoms with Crippen molar-refractivity contribution >= 4 is 28.0 Å². The quantitative estimate of drug-likeness (QED) is 0.163. The number of carbonyl (C=O) groups is 2. The molecule has 0 aliphatic rings. The standard InChI is InChI=1S/C18H21N3O4S/c1-5-11-25-18(23)17(20-19)16(22)12-14(6-2)21-26(4,24)15-9-7-13(3)8-10-15/h4-10,14,21,24H,1-2,11-12H2,3H3/t14-/m0/s1. The van der Waals surface area contributed by atoms with Gasteiger partial charge in [-0.2, -0.15) is 4.79 Å². The number of Topliss-reactive ketones (excluding diaryl/α,β-unsaturated/α-hetero) is 1. The van der Waals surface area contributed by atoms with Crippen LogP contribution >= 0.6 is 10.5 Å². The van der Waals surface area contributed by atoms with E-state index in [9.17, 15) is 14.1 Å². The Morgan fingerprint density at radius 2 is 2.04 bits per heavy atom. The highest BCUT2D eigenvalue weighted by molar-refractivity contribution is 8.28. The fraction of sp³-hybridized carbons (Fsp3) is 0.222. The number of esters is 1. The molecule has 1 aromatic rings. The highest BCUT2D eigenvalue weighted by atomic mass is 32.3. The highest BCUT2D eigenvalue weighted by Crippen LogP contribution is 2.47. The zero-order chi connectivity index (χ0) is 19.7. The Morgan fingerprint density at radius 1 is 1.42 bits per heavy atom. The van der Waals surface area contributed by atoms with Crippen LogP contribution in [0.3, 0.4) is 0 Å². The average Bonchev–Trinajstić information content (AvgIpc) is 2.60. The summed E-state index contributed by atoms with van der Waals surface area (Å²) in [5.74, 6) is -1.87. The van der Waals surface area contributed by atoms with Gasteiger partial charge in [0.1, 0.15) is 6.61 Å². The van der Waals surface area contributed by atoms with E-state index in [0.29, 0.717) is 4.90 Å². The molecule has 138 valence electrons. The number of aryl methyl sites for hydroxylation is 1. The molecule has 1 rings (SSSR count). The van der Waals surface area contributed by atoms with Crippen LogP contribution in [0, 0.1) is 13.2 Å². The van der Waals surface area contributed by atoms with Gasteiger partial charge in [0.05, 0.1) is 6.26 Å². The molecule has 0 amide bonds. The molecule has 1 unspecified atom stereocenters. The van der Waals surface area contributed by atoms with Crippen LogP contribution in [0.5, 0.6) is 0 Å². The van der Waals surface area contributed by atoms with Gasteiger partial charge < -0.3 is 14.8 Å². The van der Waals surface area contributed by atoms with Gasteiger partial charge in [0.2, 0.25) is 0 Å². The Bertz CT molecular complexity index is 737. The Morgan fingerprint density at radius 3 is 2.54 bits per heavy atom. The first-order valence-corrected chi connectivity index (χ1v) is 9.23. The summed E-state index contributed by atoms with van der Waals surface area (Å²) in [5.41, 5.74) is 9.16. The Kier molecular flexibility index (Phi) is 8.15. The summed E-state index contributed by atoms with van der Waals surface area (Å²) in [7, 11) is -2.91. The van der Waals surface area contributed by atoms with Gasteiger partial charge in [0, 0.05) is 17.4 Å². The lowest BCUT2D eigenvalue weighted by Gasteiger charge is -2.33. The number of nitrogens with zero attached hydrogens (tertiary/aromatic N) is 2. The lowest BCUT2D eigenvalue weighted by molar-refractivity contribution is -0.141. The zero-order valence-electron chi connectivity index (χ0n) is 14.4. The molecule has 0 aliphatic heterocycles. The molecule has 0 saturated carbocycles. The molecule has 0 spiro atoms. The topological polar surface area (TPSA) is 112 Å². The van der Waals surface area contributed by atoms with Crippen LogP contribution < -0.4 is 4.72 Å². The van der Waals surface area contributed by atoms with Crippen LogP contribution in [-0.2, 0) is 14.3 Å². The summed E-state index contributed by atoms with van der Waals surface area (Å²) >= 11 is 0. The third-order valence-corrected chi connectivity index (χ3v) is 4.94. The summed E-state index contributed by atoms with van der Waals surface area (Å²) in [4.78, 5) is 27.0. The van der Waals surface area contributed by atoms with Crippen molar-refractivity contribution in [2.24, 2.45) is 0 Å². The molecule has 0 aliphatic carbocycles. The second kappa shape index (κ2) is 9.84. The molecule has 0 bridgehead atoms. The molecule has 2 atom stereocenters. The van der Waals surface area contributed by atoms with E-state index in [2.05, 4.69) is 27.4 Å². The van der Waals surface area contributed by atoms with Crippen molar-refractivity contribution in [3.63, 3.8) is 0 Å². The summed E-state index contributed by atoms with van der Waals surface area (Å²) in [6.07, 6.45) is 8.32. The summed E-state index contributed by atoms with van der Waals surface area (Å²) in [5, 5.41) is 0. The van der Waals surface area contributed by atoms with E-state index in [1.807, 2.05) is 6.92 Å². The van der Waals surface area contributed by atoms with E-state index >= 15 is 0 Å². The van der Waals surface area contributed by atoms with Gasteiger partial charge in [-0.15, -0.1) is 6.58 Å². The molecule has 0 aromatic heterocycles. The van der Waals surface area contributed by atoms with Crippen LogP contribution in [0.4, 0.5) is 0 Å². The minimum Gasteiger partial charge on any atom is -0.453 e. The minimum atomic E-state index is -2.91. The normalized spacial score (nSPS) is 14.9. The van der Waals surface area contributed by atoms with Gasteiger partial charge >= 0.3 is 11.7 Å². The first-order chi connectivity index (χ1) is 12.2. The predicted octanol–water partition coefficient (Wildman–Crippen LogP) is 2.72. The molecular formula is C18H21N3O4S. The Balaban J connectivity index is 2.85. The van der Waals surface area contributed by atoms with Gasteiger partial charge in [-0.05, 0) is 19.1 Å². The smallest absolute Gasteiger partial charge is 0.441 e. The molecule has 1 aromatic carbocycles. The molecule has 0 heterocycles. The number of nitrogens with one attached hydrogen (secondary N) is 1. The van der Waals surface area contributed by atoms with Crippen LogP contribution in [0.15, 0.2) is 54.5 Å². The maximum atomic E-state index is 12.2. The van der Waals surface area contributed by atoms with Crippen molar-refractivity contribution < 1.29 is 23.7 Å². The van der Waals surface area contributed by atoms with Crippen molar-refractivity contribution in [2.45, 2.75) is 24.3 Å². The van der Waals surface area contributed by atoms with Crippen LogP contribution in [0.2, 0.25) is 0 Å². The first-order valence-electron chi connectivity index (χ1n) is 7.58. The van der Waals surface area contributed by atoms with E-state index in [-0.39, 0.29) is 13.0 Å². The second-order valence-corrected chi connectivity index (χ2v) is 7.32. The number of benzene rings is 1. The third kappa shape index (κ3) is 6.09. The lowest BCUT2D eigenvalue weighted by Crippen LogP contribution is -2.36. The van der Waals surface area contributed by atoms with Gasteiger partial charge in [-0.3, -0.25) is 4.79 Å². The van der Waals surface area contributed by atoms with Crippen molar-refractivity contribution in [3.8, 4) is 0 Å². The fourth-order valence-corrected chi connectivity index (χ4v) is 3.26. The lowest BCUT2D eigenvalue weighted by atomic mass is 10.1. The predicted molar refractivity (Wildman–Crippen MR) is 100 cm³/mol. The van der Waals surface area contributed by atoms with Crippen molar-refractivity contribution in [1.82, 2.24) is 4.72 Å². The number of rotatable bonds is 10. The molecule has 0 saturated heterocycles. The molecule has 0 fully saturated rings. The molecular weight excluding hydrogens is 354 g/mol. The van der Waals surface area contributed by atoms with Crippen LogP contribution in [0.1, 0.15) is 12.0 Å². The monoisotopic (exact) mass is 375 g/mol. The maximum absolute atomic E-state index is 12.2. The number of ketones is 1.